The summed E-state index contributed by atoms with van der Waals surface area (Å²) in [6, 6.07) is 30.7. The molecule has 27 heteroatoms. The first-order chi connectivity index (χ1) is 51.6. The van der Waals surface area contributed by atoms with E-state index < -0.39 is 143 Å². The molecule has 6 aliphatic rings. The first-order valence-electron chi connectivity index (χ1n) is 36.8. The highest BCUT2D eigenvalue weighted by atomic mass is 16.5. The number of hydrogen-bond donors (Lipinski definition) is 7. The van der Waals surface area contributed by atoms with Crippen molar-refractivity contribution in [1.82, 2.24) is 71.7 Å². The van der Waals surface area contributed by atoms with Crippen molar-refractivity contribution < 1.29 is 62.5 Å². The Labute approximate surface area is 627 Å². The van der Waals surface area contributed by atoms with Crippen LogP contribution in [0.2, 0.25) is 0 Å². The Morgan fingerprint density at radius 3 is 1.52 bits per heavy atom. The van der Waals surface area contributed by atoms with Gasteiger partial charge in [-0.05, 0) is 133 Å². The van der Waals surface area contributed by atoms with Crippen molar-refractivity contribution in [2.24, 2.45) is 22.7 Å². The van der Waals surface area contributed by atoms with E-state index in [4.69, 9.17) is 14.2 Å². The maximum Gasteiger partial charge on any atom is 0.328 e. The van der Waals surface area contributed by atoms with Crippen LogP contribution in [0.4, 0.5) is 0 Å². The molecule has 6 aliphatic heterocycles. The van der Waals surface area contributed by atoms with Crippen molar-refractivity contribution in [2.75, 3.05) is 34.3 Å². The SMILES string of the molecule is CN[C@@H](C)C(=O)N[C@H](C(=O)N1CC[C@@H]2[C@H]1[C@@H](Cc1ccc3ccccc3c1)C(=O)N[C@H](C(=O)O)Cc1ccc(cc1)OCc1cn(nn1)[C@@H]1CCN(C(=O)[C@@H](NC(=O)[C@H](C)NC)C(C)(C)C)[C@@H]1C(=O)C[C@@H](Cc1ccc3ccccc3c1)C(=O)N[C@H](C(=O)OC)Cc1ccc(cc1)OCc1cn2nn1)C(C)(C)C. The van der Waals surface area contributed by atoms with E-state index in [9.17, 15) is 24.3 Å². The molecule has 8 heterocycles. The van der Waals surface area contributed by atoms with Crippen LogP contribution in [-0.4, -0.2) is 181 Å². The Hall–Kier alpha value is -10.9. The number of carboxylic acid groups (broad SMARTS) is 1. The molecular weight excluding hydrogens is 1380 g/mol. The molecular formula is C81H98N14O13. The van der Waals surface area contributed by atoms with Crippen molar-refractivity contribution in [3.63, 3.8) is 0 Å². The zero-order chi connectivity index (χ0) is 77.3. The van der Waals surface area contributed by atoms with Crippen LogP contribution in [0.1, 0.15) is 120 Å². The second kappa shape index (κ2) is 33.9. The number of nitrogens with zero attached hydrogens (tertiary/aromatic N) is 8. The Kier molecular flexibility index (Phi) is 24.5. The number of aliphatic carboxylic acids is 1. The van der Waals surface area contributed by atoms with Crippen molar-refractivity contribution in [2.45, 2.75) is 174 Å². The molecule has 6 aromatic carbocycles. The van der Waals surface area contributed by atoms with Crippen LogP contribution in [0.3, 0.4) is 0 Å². The Bertz CT molecular complexity index is 4590. The van der Waals surface area contributed by atoms with Crippen LogP contribution < -0.4 is 41.4 Å². The fourth-order valence-corrected chi connectivity index (χ4v) is 14.6. The molecule has 2 saturated heterocycles. The van der Waals surface area contributed by atoms with Gasteiger partial charge in [-0.3, -0.25) is 33.6 Å². The number of amides is 6. The smallest absolute Gasteiger partial charge is 0.328 e. The monoisotopic (exact) mass is 1470 g/mol. The third-order valence-electron chi connectivity index (χ3n) is 21.0. The number of ether oxygens (including phenoxy) is 3. The zero-order valence-electron chi connectivity index (χ0n) is 63.0. The predicted molar refractivity (Wildman–Crippen MR) is 403 cm³/mol. The lowest BCUT2D eigenvalue weighted by molar-refractivity contribution is -0.146. The molecule has 0 unspecified atom stereocenters. The largest absolute Gasteiger partial charge is 0.487 e. The molecule has 12 atom stereocenters. The minimum atomic E-state index is -1.47. The van der Waals surface area contributed by atoms with E-state index in [-0.39, 0.29) is 64.8 Å². The lowest BCUT2D eigenvalue weighted by atomic mass is 9.83. The summed E-state index contributed by atoms with van der Waals surface area (Å²) in [6.45, 7) is 14.3. The minimum Gasteiger partial charge on any atom is -0.487 e. The molecule has 7 N–H and O–H groups in total. The van der Waals surface area contributed by atoms with Gasteiger partial charge in [0.05, 0.1) is 55.6 Å². The molecule has 0 aliphatic carbocycles. The number of fused-ring (bicyclic) bond motifs is 2. The maximum atomic E-state index is 15.7. The van der Waals surface area contributed by atoms with Gasteiger partial charge in [0.15, 0.2) is 5.78 Å². The highest BCUT2D eigenvalue weighted by molar-refractivity contribution is 5.97. The number of likely N-dealkylation sites (tertiary alicyclic amines) is 2. The quantitative estimate of drug-likeness (QED) is 0.0564. The van der Waals surface area contributed by atoms with Gasteiger partial charge in [-0.1, -0.05) is 161 Å². The fourth-order valence-electron chi connectivity index (χ4n) is 14.6. The molecule has 0 saturated carbocycles. The summed E-state index contributed by atoms with van der Waals surface area (Å²) in [7, 11) is 4.50. The van der Waals surface area contributed by atoms with E-state index in [0.717, 1.165) is 32.7 Å². The van der Waals surface area contributed by atoms with E-state index in [0.29, 0.717) is 34.0 Å². The summed E-state index contributed by atoms with van der Waals surface area (Å²) in [6.07, 6.45) is 3.32. The maximum absolute atomic E-state index is 15.7. The summed E-state index contributed by atoms with van der Waals surface area (Å²) < 4.78 is 21.0. The molecule has 8 bridgehead atoms. The molecule has 0 radical (unpaired) electrons. The number of esters is 1. The van der Waals surface area contributed by atoms with Gasteiger partial charge in [0, 0.05) is 38.3 Å². The number of nitrogens with one attached hydrogen (secondary N) is 6. The number of benzene rings is 6. The van der Waals surface area contributed by atoms with Gasteiger partial charge in [0.2, 0.25) is 35.4 Å². The number of carbonyl (C=O) groups excluding carboxylic acids is 8. The predicted octanol–water partition coefficient (Wildman–Crippen LogP) is 6.60. The van der Waals surface area contributed by atoms with Gasteiger partial charge in [0.1, 0.15) is 66.3 Å². The molecule has 108 heavy (non-hydrogen) atoms. The highest BCUT2D eigenvalue weighted by Crippen LogP contribution is 2.39. The van der Waals surface area contributed by atoms with Gasteiger partial charge >= 0.3 is 11.9 Å². The van der Waals surface area contributed by atoms with Crippen LogP contribution in [0, 0.1) is 22.7 Å². The van der Waals surface area contributed by atoms with Gasteiger partial charge in [0.25, 0.3) is 0 Å². The van der Waals surface area contributed by atoms with Crippen LogP contribution in [0.15, 0.2) is 146 Å². The molecule has 27 nitrogen and oxygen atoms in total. The first-order valence-corrected chi connectivity index (χ1v) is 36.8. The Balaban J connectivity index is 0.964. The van der Waals surface area contributed by atoms with Crippen LogP contribution in [0.25, 0.3) is 21.5 Å². The van der Waals surface area contributed by atoms with Crippen LogP contribution in [0.5, 0.6) is 11.5 Å². The molecule has 570 valence electrons. The van der Waals surface area contributed by atoms with E-state index in [1.165, 1.54) is 16.7 Å². The molecule has 0 spiro atoms. The van der Waals surface area contributed by atoms with Gasteiger partial charge in [-0.25, -0.2) is 19.0 Å². The summed E-state index contributed by atoms with van der Waals surface area (Å²) in [5.74, 6) is -7.05. The lowest BCUT2D eigenvalue weighted by Crippen LogP contribution is -2.60. The highest BCUT2D eigenvalue weighted by Gasteiger charge is 2.51. The van der Waals surface area contributed by atoms with Crippen molar-refractivity contribution >= 4 is 74.7 Å². The van der Waals surface area contributed by atoms with Gasteiger partial charge < -0.3 is 61.0 Å². The normalized spacial score (nSPS) is 21.7. The third-order valence-corrected chi connectivity index (χ3v) is 21.0. The molecule has 8 aromatic rings. The van der Waals surface area contributed by atoms with Crippen molar-refractivity contribution in [1.29, 1.82) is 0 Å². The van der Waals surface area contributed by atoms with Gasteiger partial charge in [-0.15, -0.1) is 10.2 Å². The third kappa shape index (κ3) is 18.5. The number of hydrogen-bond acceptors (Lipinski definition) is 18. The number of carbonyl (C=O) groups is 9. The average Bonchev–Trinajstić information content (AvgIpc) is 1.65. The van der Waals surface area contributed by atoms with Crippen molar-refractivity contribution in [3.8, 4) is 11.5 Å². The van der Waals surface area contributed by atoms with Crippen molar-refractivity contribution in [3.05, 3.63) is 179 Å². The second-order valence-electron chi connectivity index (χ2n) is 30.7. The molecule has 2 fully saturated rings. The summed E-state index contributed by atoms with van der Waals surface area (Å²) in [5, 5.41) is 50.5. The average molecular weight is 1480 g/mol. The topological polar surface area (TPSA) is 342 Å². The van der Waals surface area contributed by atoms with Gasteiger partial charge in [-0.2, -0.15) is 0 Å². The van der Waals surface area contributed by atoms with Crippen LogP contribution in [-0.2, 0) is 86.8 Å². The van der Waals surface area contributed by atoms with E-state index in [2.05, 4.69) is 52.5 Å². The molecule has 2 aromatic heterocycles. The number of Topliss-reactive ketones (excluding diaryl/α,β-unsaturated/α-hetero) is 1. The Morgan fingerprint density at radius 2 is 1.03 bits per heavy atom. The fraction of sp³-hybridized carbons (Fsp3) is 0.444. The van der Waals surface area contributed by atoms with E-state index >= 15 is 24.0 Å². The minimum absolute atomic E-state index is 0.0385. The number of methoxy groups -OCH3 is 1. The number of rotatable bonds is 14. The lowest BCUT2D eigenvalue weighted by Gasteiger charge is -2.39. The van der Waals surface area contributed by atoms with E-state index in [1.807, 2.05) is 126 Å². The summed E-state index contributed by atoms with van der Waals surface area (Å²) in [4.78, 5) is 135. The number of likely N-dealkylation sites (N-methyl/N-ethyl adjacent to an activating group) is 2. The summed E-state index contributed by atoms with van der Waals surface area (Å²) in [5.41, 5.74) is 1.67. The number of aromatic nitrogens is 6. The zero-order valence-corrected chi connectivity index (χ0v) is 63.0. The molecule has 14 rings (SSSR count). The number of ketones is 1. The van der Waals surface area contributed by atoms with Crippen LogP contribution >= 0.6 is 0 Å². The summed E-state index contributed by atoms with van der Waals surface area (Å²) >= 11 is 0. The van der Waals surface area contributed by atoms with E-state index in [1.54, 1.807) is 98.4 Å². The number of carboxylic acids is 1. The second-order valence-corrected chi connectivity index (χ2v) is 30.7. The standard InChI is InChI=1S/C81H98N14O13/c1-47(82-9)72(97)86-70(80(3,4)5)76(101)92-34-32-65-68(92)62(39-52-21-27-54-17-13-15-19-56(54)37-52)75(100)84-63(78(103)104)40-49-22-28-60(29-23-49)108-46-59-44-95(91-89-59)66-33-35-93(77(102)71(81(6,7)8)87-73(98)48(2)83-10)69(66)67(96)42-57(38-51-20-26-53-16-12-14-18-55(53)36-51)74(99)85-64(79(105)106-11)41-50-24-30-61(31-25-50)107-45-58-43-94(65)90-88-58/h12-31,36-37,43-44,47-48,57,62-66,68-71,82-83H,32-35,38-42,45-46H2,1-11H3,(H,84,100)(H,85,99)(H,86,97)(H,87,98)(H,103,104)/t47-,48-,57+,62+,63-,64-,65+,66+,68+,69-,70+,71+/m0/s1. The molecule has 6 amide bonds. The Morgan fingerprint density at radius 1 is 0.574 bits per heavy atom. The first kappa shape index (κ1) is 78.1.